The first-order valence-corrected chi connectivity index (χ1v) is 6.18. The van der Waals surface area contributed by atoms with Gasteiger partial charge in [0.15, 0.2) is 0 Å². The van der Waals surface area contributed by atoms with E-state index in [-0.39, 0.29) is 5.75 Å². The van der Waals surface area contributed by atoms with Gasteiger partial charge in [-0.2, -0.15) is 8.42 Å². The summed E-state index contributed by atoms with van der Waals surface area (Å²) in [5, 5.41) is 12.1. The molecule has 0 saturated carbocycles. The Labute approximate surface area is 100 Å². The molecule has 0 bridgehead atoms. The first-order valence-electron chi connectivity index (χ1n) is 4.73. The Morgan fingerprint density at radius 3 is 2.19 bits per heavy atom. The molecule has 1 aromatic rings. The van der Waals surface area contributed by atoms with Gasteiger partial charge in [-0.05, 0) is 37.1 Å². The lowest BCUT2D eigenvalue weighted by atomic mass is 10.3. The van der Waals surface area contributed by atoms with Crippen molar-refractivity contribution in [3.63, 3.8) is 0 Å². The predicted octanol–water partition coefficient (Wildman–Crippen LogP) is 1.42. The topological polar surface area (TPSA) is 66.4 Å². The molecule has 0 amide bonds. The van der Waals surface area contributed by atoms with Crippen molar-refractivity contribution >= 4 is 26.9 Å². The van der Waals surface area contributed by atoms with E-state index >= 15 is 0 Å². The Balaban J connectivity index is 0.000000160. The van der Waals surface area contributed by atoms with Crippen LogP contribution in [0.5, 0.6) is 5.75 Å². The summed E-state index contributed by atoms with van der Waals surface area (Å²) < 4.78 is 20.2. The van der Waals surface area contributed by atoms with Gasteiger partial charge in [0, 0.05) is 11.6 Å². The molecule has 2 N–H and O–H groups in total. The molecule has 4 nitrogen and oxygen atoms in total. The third-order valence-electron chi connectivity index (χ3n) is 1.93. The second kappa shape index (κ2) is 6.52. The number of nitrogens with one attached hydrogen (secondary N) is 1. The van der Waals surface area contributed by atoms with Crippen LogP contribution in [0.4, 0.5) is 0 Å². The van der Waals surface area contributed by atoms with E-state index in [4.69, 9.17) is 16.7 Å². The summed E-state index contributed by atoms with van der Waals surface area (Å²) in [6.45, 7) is 0.809. The van der Waals surface area contributed by atoms with Crippen molar-refractivity contribution in [2.75, 3.05) is 6.54 Å². The average molecular weight is 262 g/mol. The second-order valence-electron chi connectivity index (χ2n) is 3.16. The largest absolute Gasteiger partial charge is 0.508 e. The van der Waals surface area contributed by atoms with Gasteiger partial charge in [-0.1, -0.05) is 11.6 Å². The minimum atomic E-state index is -1.99. The highest BCUT2D eigenvalue weighted by molar-refractivity contribution is 7.72. The molecule has 16 heavy (non-hydrogen) atoms. The Bertz CT molecular complexity index is 430. The highest BCUT2D eigenvalue weighted by Crippen LogP contribution is 2.12. The molecule has 0 radical (unpaired) electrons. The molecule has 2 rings (SSSR count). The van der Waals surface area contributed by atoms with Crippen molar-refractivity contribution in [1.29, 1.82) is 0 Å². The van der Waals surface area contributed by atoms with Gasteiger partial charge in [0.1, 0.15) is 10.7 Å². The van der Waals surface area contributed by atoms with E-state index in [9.17, 15) is 8.42 Å². The number of halogens is 1. The smallest absolute Gasteiger partial charge is 0.228 e. The summed E-state index contributed by atoms with van der Waals surface area (Å²) in [5.74, 6) is 0.245. The molecule has 6 heteroatoms. The molecule has 1 heterocycles. The van der Waals surface area contributed by atoms with Crippen LogP contribution in [0.1, 0.15) is 12.8 Å². The summed E-state index contributed by atoms with van der Waals surface area (Å²) in [7, 11) is -1.99. The van der Waals surface area contributed by atoms with Gasteiger partial charge in [0.05, 0.1) is 0 Å². The van der Waals surface area contributed by atoms with E-state index in [0.29, 0.717) is 16.4 Å². The van der Waals surface area contributed by atoms with Crippen molar-refractivity contribution in [1.82, 2.24) is 5.32 Å². The van der Waals surface area contributed by atoms with Gasteiger partial charge in [0.2, 0.25) is 10.3 Å². The number of aromatic hydroxyl groups is 1. The third-order valence-corrected chi connectivity index (χ3v) is 2.93. The molecule has 88 valence electrons. The van der Waals surface area contributed by atoms with Gasteiger partial charge in [0.25, 0.3) is 0 Å². The van der Waals surface area contributed by atoms with Crippen LogP contribution < -0.4 is 5.32 Å². The SMILES string of the molecule is O=S(=O)=C1CCCN1.Oc1ccc(Cl)cc1. The lowest BCUT2D eigenvalue weighted by Crippen LogP contribution is -2.14. The quantitative estimate of drug-likeness (QED) is 0.694. The molecule has 1 aliphatic heterocycles. The zero-order chi connectivity index (χ0) is 12.0. The lowest BCUT2D eigenvalue weighted by molar-refractivity contribution is 0.475. The lowest BCUT2D eigenvalue weighted by Gasteiger charge is -1.87. The van der Waals surface area contributed by atoms with E-state index in [2.05, 4.69) is 5.32 Å². The number of hydrogen-bond acceptors (Lipinski definition) is 3. The average Bonchev–Trinajstić information content (AvgIpc) is 2.77. The Kier molecular flexibility index (Phi) is 5.31. The molecular formula is C10H12ClNO3S. The van der Waals surface area contributed by atoms with Crippen LogP contribution >= 0.6 is 11.6 Å². The first-order chi connectivity index (χ1) is 7.59. The molecule has 1 aromatic carbocycles. The summed E-state index contributed by atoms with van der Waals surface area (Å²) in [6, 6.07) is 6.36. The summed E-state index contributed by atoms with van der Waals surface area (Å²) in [5.41, 5.74) is 0. The van der Waals surface area contributed by atoms with Crippen LogP contribution in [0.15, 0.2) is 24.3 Å². The number of rotatable bonds is 0. The molecule has 1 fully saturated rings. The van der Waals surface area contributed by atoms with Crippen LogP contribution in [0.25, 0.3) is 0 Å². The third kappa shape index (κ3) is 4.65. The standard InChI is InChI=1S/C6H5ClO.C4H7NO2S/c7-5-1-3-6(8)4-2-5;6-8(7)4-2-1-3-5-4/h1-4,8H;5H,1-3H2. The fourth-order valence-corrected chi connectivity index (χ4v) is 1.81. The van der Waals surface area contributed by atoms with Gasteiger partial charge >= 0.3 is 0 Å². The maximum Gasteiger partial charge on any atom is 0.228 e. The van der Waals surface area contributed by atoms with E-state index in [0.717, 1.165) is 13.0 Å². The maximum absolute atomic E-state index is 10.1. The molecule has 0 atom stereocenters. The van der Waals surface area contributed by atoms with Crippen LogP contribution in [0.2, 0.25) is 5.02 Å². The second-order valence-corrected chi connectivity index (χ2v) is 4.56. The van der Waals surface area contributed by atoms with Gasteiger partial charge in [-0.25, -0.2) is 0 Å². The number of hydrogen-bond donors (Lipinski definition) is 2. The zero-order valence-corrected chi connectivity index (χ0v) is 10.1. The van der Waals surface area contributed by atoms with Crippen molar-refractivity contribution in [2.24, 2.45) is 0 Å². The minimum absolute atomic E-state index is 0.245. The number of phenolic OH excluding ortho intramolecular Hbond substituents is 1. The van der Waals surface area contributed by atoms with E-state index < -0.39 is 10.3 Å². The van der Waals surface area contributed by atoms with Crippen LogP contribution in [0, 0.1) is 0 Å². The molecule has 0 spiro atoms. The van der Waals surface area contributed by atoms with Crippen molar-refractivity contribution in [3.8, 4) is 5.75 Å². The Morgan fingerprint density at radius 2 is 1.88 bits per heavy atom. The van der Waals surface area contributed by atoms with Gasteiger partial charge in [-0.3, -0.25) is 5.32 Å². The molecular weight excluding hydrogens is 250 g/mol. The number of benzene rings is 1. The normalized spacial score (nSPS) is 14.2. The first kappa shape index (κ1) is 13.0. The summed E-state index contributed by atoms with van der Waals surface area (Å²) in [4.78, 5) is 0.463. The maximum atomic E-state index is 10.1. The van der Waals surface area contributed by atoms with Crippen LogP contribution in [-0.2, 0) is 10.3 Å². The Hall–Kier alpha value is -1.04. The molecule has 0 aromatic heterocycles. The minimum Gasteiger partial charge on any atom is -0.508 e. The fraction of sp³-hybridized carbons (Fsp3) is 0.300. The van der Waals surface area contributed by atoms with Crippen LogP contribution in [-0.4, -0.2) is 25.1 Å². The van der Waals surface area contributed by atoms with E-state index in [1.165, 1.54) is 0 Å². The van der Waals surface area contributed by atoms with Crippen molar-refractivity contribution in [3.05, 3.63) is 29.3 Å². The number of phenols is 1. The van der Waals surface area contributed by atoms with Crippen molar-refractivity contribution in [2.45, 2.75) is 12.8 Å². The molecule has 0 aliphatic carbocycles. The van der Waals surface area contributed by atoms with Crippen LogP contribution in [0.3, 0.4) is 0 Å². The van der Waals surface area contributed by atoms with Crippen molar-refractivity contribution < 1.29 is 13.5 Å². The molecule has 1 aliphatic rings. The predicted molar refractivity (Wildman–Crippen MR) is 64.3 cm³/mol. The fourth-order valence-electron chi connectivity index (χ4n) is 1.15. The highest BCUT2D eigenvalue weighted by atomic mass is 35.5. The summed E-state index contributed by atoms with van der Waals surface area (Å²) >= 11 is 5.50. The van der Waals surface area contributed by atoms with E-state index in [1.54, 1.807) is 24.3 Å². The summed E-state index contributed by atoms with van der Waals surface area (Å²) in [6.07, 6.45) is 1.64. The van der Waals surface area contributed by atoms with Gasteiger partial charge in [-0.15, -0.1) is 0 Å². The zero-order valence-electron chi connectivity index (χ0n) is 8.48. The molecule has 1 saturated heterocycles. The monoisotopic (exact) mass is 261 g/mol. The highest BCUT2D eigenvalue weighted by Gasteiger charge is 2.06. The molecule has 0 unspecified atom stereocenters. The van der Waals surface area contributed by atoms with E-state index in [1.807, 2.05) is 0 Å². The Morgan fingerprint density at radius 1 is 1.25 bits per heavy atom. The van der Waals surface area contributed by atoms with Gasteiger partial charge < -0.3 is 5.11 Å².